The van der Waals surface area contributed by atoms with Crippen molar-refractivity contribution in [1.29, 1.82) is 0 Å². The van der Waals surface area contributed by atoms with Crippen molar-refractivity contribution in [2.75, 3.05) is 13.2 Å². The van der Waals surface area contributed by atoms with E-state index in [9.17, 15) is 14.4 Å². The zero-order valence-electron chi connectivity index (χ0n) is 46.9. The van der Waals surface area contributed by atoms with E-state index in [1.807, 2.05) is 0 Å². The maximum atomic E-state index is 12.9. The second-order valence-corrected chi connectivity index (χ2v) is 19.5. The molecular weight excluding hydrogens is 889 g/mol. The minimum atomic E-state index is -0.803. The molecule has 6 heteroatoms. The van der Waals surface area contributed by atoms with E-state index in [-0.39, 0.29) is 31.1 Å². The third kappa shape index (κ3) is 57.0. The summed E-state index contributed by atoms with van der Waals surface area (Å²) in [4.78, 5) is 38.2. The molecule has 0 aromatic carbocycles. The van der Waals surface area contributed by atoms with E-state index in [2.05, 4.69) is 130 Å². The van der Waals surface area contributed by atoms with Gasteiger partial charge in [-0.1, -0.05) is 259 Å². The lowest BCUT2D eigenvalue weighted by Crippen LogP contribution is -2.30. The van der Waals surface area contributed by atoms with Crippen molar-refractivity contribution in [2.24, 2.45) is 0 Å². The van der Waals surface area contributed by atoms with Gasteiger partial charge in [0.1, 0.15) is 13.2 Å². The predicted molar refractivity (Wildman–Crippen MR) is 311 cm³/mol. The largest absolute Gasteiger partial charge is 0.462 e. The molecule has 1 unspecified atom stereocenters. The topological polar surface area (TPSA) is 78.9 Å². The van der Waals surface area contributed by atoms with Gasteiger partial charge in [-0.15, -0.1) is 0 Å². The van der Waals surface area contributed by atoms with Crippen molar-refractivity contribution < 1.29 is 28.6 Å². The number of unbranched alkanes of at least 4 members (excludes halogenated alkanes) is 24. The molecule has 0 radical (unpaired) electrons. The van der Waals surface area contributed by atoms with E-state index in [0.717, 1.165) is 135 Å². The van der Waals surface area contributed by atoms with Gasteiger partial charge in [0.15, 0.2) is 6.10 Å². The SMILES string of the molecule is CC/C=C\C/C=C\C/C=C\C/C=C\C/C=C\CCCCCC(=O)OCC(COC(=O)CCCCCC/C=C\C/C=C\C/C=C\C/C=C\CC)OC(=O)CCCCCCCCCCCCCCCCCCCC. The summed E-state index contributed by atoms with van der Waals surface area (Å²) in [5.74, 6) is -0.949. The summed E-state index contributed by atoms with van der Waals surface area (Å²) in [5, 5.41) is 0. The number of carbonyl (C=O) groups is 3. The third-order valence-corrected chi connectivity index (χ3v) is 12.5. The molecular formula is C66H110O6. The first-order valence-electron chi connectivity index (χ1n) is 29.9. The second kappa shape index (κ2) is 59.6. The maximum absolute atomic E-state index is 12.9. The smallest absolute Gasteiger partial charge is 0.306 e. The maximum Gasteiger partial charge on any atom is 0.306 e. The van der Waals surface area contributed by atoms with Crippen molar-refractivity contribution in [3.05, 3.63) is 109 Å². The highest BCUT2D eigenvalue weighted by atomic mass is 16.6. The molecule has 72 heavy (non-hydrogen) atoms. The van der Waals surface area contributed by atoms with E-state index in [4.69, 9.17) is 14.2 Å². The molecule has 0 saturated carbocycles. The molecule has 1 atom stereocenters. The lowest BCUT2D eigenvalue weighted by Gasteiger charge is -2.18. The zero-order valence-corrected chi connectivity index (χ0v) is 46.9. The van der Waals surface area contributed by atoms with Gasteiger partial charge in [-0.25, -0.2) is 0 Å². The van der Waals surface area contributed by atoms with Gasteiger partial charge in [0.05, 0.1) is 0 Å². The van der Waals surface area contributed by atoms with Gasteiger partial charge in [0.25, 0.3) is 0 Å². The standard InChI is InChI=1S/C66H110O6/c1-4-7-10-13-16-19-22-25-28-31-33-36-38-41-44-47-50-53-56-59-65(68)71-62-63(61-70-64(67)58-55-52-49-46-43-40-37-34-30-27-24-21-18-15-12-9-6-3)72-66(69)60-57-54-51-48-45-42-39-35-32-29-26-23-20-17-14-11-8-5-2/h7,9-10,12,16,18-19,21,25,27-28,30,33,36-37,40-41,44,63H,4-6,8,11,13-15,17,20,22-24,26,29,31-32,34-35,38-39,42-43,45-62H2,1-3H3/b10-7-,12-9-,19-16-,21-18-,28-25-,30-27-,36-33-,40-37-,44-41-. The van der Waals surface area contributed by atoms with Crippen molar-refractivity contribution in [2.45, 2.75) is 277 Å². The Bertz CT molecular complexity index is 1470. The number of hydrogen-bond donors (Lipinski definition) is 0. The van der Waals surface area contributed by atoms with Crippen LogP contribution in [0.4, 0.5) is 0 Å². The van der Waals surface area contributed by atoms with Gasteiger partial charge >= 0.3 is 17.9 Å². The van der Waals surface area contributed by atoms with Crippen LogP contribution in [0, 0.1) is 0 Å². The molecule has 6 nitrogen and oxygen atoms in total. The molecule has 0 aliphatic carbocycles. The lowest BCUT2D eigenvalue weighted by molar-refractivity contribution is -0.167. The average Bonchev–Trinajstić information content (AvgIpc) is 3.38. The summed E-state index contributed by atoms with van der Waals surface area (Å²) in [5.41, 5.74) is 0. The van der Waals surface area contributed by atoms with Gasteiger partial charge in [-0.3, -0.25) is 14.4 Å². The molecule has 0 rings (SSSR count). The van der Waals surface area contributed by atoms with Crippen LogP contribution >= 0.6 is 0 Å². The Balaban J connectivity index is 4.48. The van der Waals surface area contributed by atoms with Crippen LogP contribution in [-0.2, 0) is 28.6 Å². The van der Waals surface area contributed by atoms with Gasteiger partial charge < -0.3 is 14.2 Å². The highest BCUT2D eigenvalue weighted by Crippen LogP contribution is 2.16. The first-order valence-corrected chi connectivity index (χ1v) is 29.9. The van der Waals surface area contributed by atoms with Gasteiger partial charge in [-0.2, -0.15) is 0 Å². The first-order chi connectivity index (χ1) is 35.5. The Hall–Kier alpha value is -3.93. The molecule has 0 aromatic heterocycles. The van der Waals surface area contributed by atoms with E-state index >= 15 is 0 Å². The Kier molecular flexibility index (Phi) is 56.4. The van der Waals surface area contributed by atoms with Gasteiger partial charge in [0, 0.05) is 19.3 Å². The van der Waals surface area contributed by atoms with E-state index in [0.29, 0.717) is 19.3 Å². The number of hydrogen-bond acceptors (Lipinski definition) is 6. The van der Waals surface area contributed by atoms with E-state index in [1.54, 1.807) is 0 Å². The summed E-state index contributed by atoms with van der Waals surface area (Å²) >= 11 is 0. The monoisotopic (exact) mass is 999 g/mol. The molecule has 0 bridgehead atoms. The fourth-order valence-electron chi connectivity index (χ4n) is 8.11. The molecule has 410 valence electrons. The normalized spacial score (nSPS) is 12.9. The summed E-state index contributed by atoms with van der Waals surface area (Å²) in [7, 11) is 0. The van der Waals surface area contributed by atoms with Crippen molar-refractivity contribution in [3.8, 4) is 0 Å². The van der Waals surface area contributed by atoms with Crippen LogP contribution in [0.1, 0.15) is 271 Å². The molecule has 0 spiro atoms. The minimum Gasteiger partial charge on any atom is -0.462 e. The number of rotatable bonds is 53. The van der Waals surface area contributed by atoms with E-state index in [1.165, 1.54) is 96.3 Å². The molecule has 0 heterocycles. The van der Waals surface area contributed by atoms with Crippen molar-refractivity contribution >= 4 is 17.9 Å². The number of ether oxygens (including phenoxy) is 3. The summed E-state index contributed by atoms with van der Waals surface area (Å²) < 4.78 is 16.9. The highest BCUT2D eigenvalue weighted by Gasteiger charge is 2.19. The minimum absolute atomic E-state index is 0.101. The van der Waals surface area contributed by atoms with Crippen LogP contribution in [0.5, 0.6) is 0 Å². The number of allylic oxidation sites excluding steroid dienone is 18. The van der Waals surface area contributed by atoms with Crippen LogP contribution < -0.4 is 0 Å². The summed E-state index contributed by atoms with van der Waals surface area (Å²) in [6.07, 6.45) is 80.8. The Morgan fingerprint density at radius 3 is 0.861 bits per heavy atom. The molecule has 0 fully saturated rings. The molecule has 0 saturated heterocycles. The first kappa shape index (κ1) is 68.1. The Morgan fingerprint density at radius 1 is 0.292 bits per heavy atom. The van der Waals surface area contributed by atoms with E-state index < -0.39 is 6.10 Å². The predicted octanol–water partition coefficient (Wildman–Crippen LogP) is 20.3. The molecule has 0 N–H and O–H groups in total. The molecule has 0 aliphatic rings. The van der Waals surface area contributed by atoms with Crippen molar-refractivity contribution in [1.82, 2.24) is 0 Å². The van der Waals surface area contributed by atoms with Crippen molar-refractivity contribution in [3.63, 3.8) is 0 Å². The Labute approximate surface area is 444 Å². The third-order valence-electron chi connectivity index (χ3n) is 12.5. The van der Waals surface area contributed by atoms with Crippen LogP contribution in [0.2, 0.25) is 0 Å². The molecule has 0 aromatic rings. The number of esters is 3. The van der Waals surface area contributed by atoms with Crippen LogP contribution in [0.25, 0.3) is 0 Å². The van der Waals surface area contributed by atoms with Gasteiger partial charge in [-0.05, 0) is 103 Å². The molecule has 0 amide bonds. The molecule has 0 aliphatic heterocycles. The fourth-order valence-corrected chi connectivity index (χ4v) is 8.11. The van der Waals surface area contributed by atoms with Crippen LogP contribution in [-0.4, -0.2) is 37.2 Å². The average molecular weight is 1000 g/mol. The highest BCUT2D eigenvalue weighted by molar-refractivity contribution is 5.71. The number of carbonyl (C=O) groups excluding carboxylic acids is 3. The Morgan fingerprint density at radius 2 is 0.542 bits per heavy atom. The summed E-state index contributed by atoms with van der Waals surface area (Å²) in [6, 6.07) is 0. The fraction of sp³-hybridized carbons (Fsp3) is 0.682. The van der Waals surface area contributed by atoms with Crippen LogP contribution in [0.15, 0.2) is 109 Å². The van der Waals surface area contributed by atoms with Crippen LogP contribution in [0.3, 0.4) is 0 Å². The van der Waals surface area contributed by atoms with Gasteiger partial charge in [0.2, 0.25) is 0 Å². The second-order valence-electron chi connectivity index (χ2n) is 19.5. The lowest BCUT2D eigenvalue weighted by atomic mass is 10.0. The zero-order chi connectivity index (χ0) is 52.2. The quantitative estimate of drug-likeness (QED) is 0.0261. The summed E-state index contributed by atoms with van der Waals surface area (Å²) in [6.45, 7) is 6.38.